The van der Waals surface area contributed by atoms with Crippen molar-refractivity contribution in [3.8, 4) is 0 Å². The first-order valence-corrected chi connectivity index (χ1v) is 4.79. The second-order valence-electron chi connectivity index (χ2n) is 4.00. The highest BCUT2D eigenvalue weighted by atomic mass is 127. The Balaban J connectivity index is 0.000000980. The van der Waals surface area contributed by atoms with Crippen molar-refractivity contribution in [1.29, 1.82) is 5.41 Å². The number of fused-ring (bicyclic) bond motifs is 3. The molecule has 5 N–H and O–H groups in total. The largest absolute Gasteiger partial charge is 0.369 e. The summed E-state index contributed by atoms with van der Waals surface area (Å²) in [5.41, 5.74) is 5.36. The van der Waals surface area contributed by atoms with Crippen LogP contribution < -0.4 is 11.6 Å². The molecule has 1 atom stereocenters. The van der Waals surface area contributed by atoms with Crippen molar-refractivity contribution in [1.82, 2.24) is 9.91 Å². The Kier molecular flexibility index (Phi) is 3.96. The second-order valence-corrected chi connectivity index (χ2v) is 4.00. The van der Waals surface area contributed by atoms with Gasteiger partial charge in [-0.3, -0.25) is 10.4 Å². The first-order chi connectivity index (χ1) is 6.18. The van der Waals surface area contributed by atoms with Gasteiger partial charge in [-0.05, 0) is 31.8 Å². The number of guanidine groups is 1. The van der Waals surface area contributed by atoms with E-state index >= 15 is 0 Å². The maximum Gasteiger partial charge on any atom is 0.203 e. The van der Waals surface area contributed by atoms with Gasteiger partial charge in [0.1, 0.15) is 0 Å². The molecule has 6 heteroatoms. The van der Waals surface area contributed by atoms with Gasteiger partial charge in [0.25, 0.3) is 0 Å². The Morgan fingerprint density at radius 2 is 1.93 bits per heavy atom. The molecule has 82 valence electrons. The first kappa shape index (κ1) is 12.0. The molecule has 0 unspecified atom stereocenters. The summed E-state index contributed by atoms with van der Waals surface area (Å²) in [4.78, 5) is 2.40. The number of nitrogens with one attached hydrogen (secondary N) is 1. The van der Waals surface area contributed by atoms with Gasteiger partial charge in [0.2, 0.25) is 5.96 Å². The fraction of sp³-hybridized carbons (Fsp3) is 0.875. The monoisotopic (exact) mass is 311 g/mol. The molecule has 3 saturated heterocycles. The fourth-order valence-electron chi connectivity index (χ4n) is 2.43. The van der Waals surface area contributed by atoms with Crippen LogP contribution in [-0.4, -0.2) is 41.5 Å². The average Bonchev–Trinajstić information content (AvgIpc) is 2.18. The SMILES string of the molecule is I.N=C(N)N(N)[C@H]1CN2CCC1CC2. The van der Waals surface area contributed by atoms with Crippen molar-refractivity contribution in [2.24, 2.45) is 17.5 Å². The van der Waals surface area contributed by atoms with E-state index < -0.39 is 0 Å². The molecule has 0 spiro atoms. The van der Waals surface area contributed by atoms with E-state index in [1.807, 2.05) is 0 Å². The number of piperidine rings is 3. The maximum atomic E-state index is 7.28. The van der Waals surface area contributed by atoms with Gasteiger partial charge in [0, 0.05) is 6.54 Å². The number of hydrogen-bond acceptors (Lipinski definition) is 3. The van der Waals surface area contributed by atoms with Crippen LogP contribution in [0.1, 0.15) is 12.8 Å². The van der Waals surface area contributed by atoms with Crippen LogP contribution in [0.15, 0.2) is 0 Å². The minimum absolute atomic E-state index is 0. The topological polar surface area (TPSA) is 82.4 Å². The zero-order chi connectivity index (χ0) is 9.42. The Hall–Kier alpha value is -0.0800. The molecule has 3 aliphatic rings. The van der Waals surface area contributed by atoms with Crippen LogP contribution in [0.2, 0.25) is 0 Å². The molecular weight excluding hydrogens is 293 g/mol. The third kappa shape index (κ3) is 2.12. The van der Waals surface area contributed by atoms with Gasteiger partial charge < -0.3 is 10.6 Å². The van der Waals surface area contributed by atoms with Crippen molar-refractivity contribution in [3.05, 3.63) is 0 Å². The number of rotatable bonds is 1. The molecule has 0 aromatic carbocycles. The van der Waals surface area contributed by atoms with Crippen LogP contribution in [0.3, 0.4) is 0 Å². The maximum absolute atomic E-state index is 7.28. The quantitative estimate of drug-likeness (QED) is 0.205. The second kappa shape index (κ2) is 4.63. The zero-order valence-corrected chi connectivity index (χ0v) is 10.5. The van der Waals surface area contributed by atoms with E-state index in [2.05, 4.69) is 4.90 Å². The van der Waals surface area contributed by atoms with E-state index in [1.54, 1.807) is 0 Å². The average molecular weight is 311 g/mol. The lowest BCUT2D eigenvalue weighted by Gasteiger charge is -2.47. The van der Waals surface area contributed by atoms with Crippen molar-refractivity contribution < 1.29 is 0 Å². The first-order valence-electron chi connectivity index (χ1n) is 4.79. The molecule has 0 aromatic heterocycles. The number of hydrazine groups is 1. The summed E-state index contributed by atoms with van der Waals surface area (Å²) < 4.78 is 0. The molecule has 0 radical (unpaired) electrons. The highest BCUT2D eigenvalue weighted by Crippen LogP contribution is 2.29. The highest BCUT2D eigenvalue weighted by Gasteiger charge is 2.37. The minimum atomic E-state index is -0.0150. The number of nitrogens with zero attached hydrogens (tertiary/aromatic N) is 2. The Labute approximate surface area is 101 Å². The van der Waals surface area contributed by atoms with Gasteiger partial charge in [-0.25, -0.2) is 5.84 Å². The summed E-state index contributed by atoms with van der Waals surface area (Å²) in [5, 5.41) is 8.70. The highest BCUT2D eigenvalue weighted by molar-refractivity contribution is 14.0. The molecule has 3 heterocycles. The molecule has 0 aliphatic carbocycles. The smallest absolute Gasteiger partial charge is 0.203 e. The van der Waals surface area contributed by atoms with Crippen LogP contribution in [0.5, 0.6) is 0 Å². The zero-order valence-electron chi connectivity index (χ0n) is 8.15. The summed E-state index contributed by atoms with van der Waals surface area (Å²) in [5.74, 6) is 6.36. The normalized spacial score (nSPS) is 34.8. The van der Waals surface area contributed by atoms with E-state index in [0.29, 0.717) is 5.92 Å². The van der Waals surface area contributed by atoms with Crippen LogP contribution in [0.4, 0.5) is 0 Å². The molecule has 3 rings (SSSR count). The minimum Gasteiger partial charge on any atom is -0.369 e. The van der Waals surface area contributed by atoms with E-state index in [0.717, 1.165) is 6.54 Å². The lowest BCUT2D eigenvalue weighted by molar-refractivity contribution is 0.0331. The van der Waals surface area contributed by atoms with Crippen molar-refractivity contribution in [2.75, 3.05) is 19.6 Å². The Morgan fingerprint density at radius 1 is 1.36 bits per heavy atom. The molecule has 0 aromatic rings. The lowest BCUT2D eigenvalue weighted by Crippen LogP contribution is -2.62. The van der Waals surface area contributed by atoms with Crippen molar-refractivity contribution >= 4 is 29.9 Å². The predicted octanol–water partition coefficient (Wildman–Crippen LogP) is -0.232. The van der Waals surface area contributed by atoms with Gasteiger partial charge in [0.05, 0.1) is 6.04 Å². The van der Waals surface area contributed by atoms with Gasteiger partial charge in [0.15, 0.2) is 0 Å². The van der Waals surface area contributed by atoms with E-state index in [9.17, 15) is 0 Å². The van der Waals surface area contributed by atoms with Gasteiger partial charge in [-0.2, -0.15) is 0 Å². The van der Waals surface area contributed by atoms with E-state index in [1.165, 1.54) is 30.9 Å². The molecule has 5 nitrogen and oxygen atoms in total. The summed E-state index contributed by atoms with van der Waals surface area (Å²) in [6, 6.07) is 0.264. The van der Waals surface area contributed by atoms with Crippen LogP contribution in [0, 0.1) is 11.3 Å². The molecule has 2 bridgehead atoms. The summed E-state index contributed by atoms with van der Waals surface area (Å²) in [6.45, 7) is 3.35. The van der Waals surface area contributed by atoms with Crippen molar-refractivity contribution in [3.63, 3.8) is 0 Å². The molecule has 3 aliphatic heterocycles. The van der Waals surface area contributed by atoms with Crippen molar-refractivity contribution in [2.45, 2.75) is 18.9 Å². The fourth-order valence-corrected chi connectivity index (χ4v) is 2.43. The lowest BCUT2D eigenvalue weighted by atomic mass is 9.84. The molecular formula is C8H18IN5. The van der Waals surface area contributed by atoms with Crippen LogP contribution in [-0.2, 0) is 0 Å². The van der Waals surface area contributed by atoms with Gasteiger partial charge in [-0.15, -0.1) is 24.0 Å². The Morgan fingerprint density at radius 3 is 2.29 bits per heavy atom. The third-order valence-corrected chi connectivity index (χ3v) is 3.26. The predicted molar refractivity (Wildman–Crippen MR) is 66.3 cm³/mol. The third-order valence-electron chi connectivity index (χ3n) is 3.26. The summed E-state index contributed by atoms with van der Waals surface area (Å²) in [7, 11) is 0. The summed E-state index contributed by atoms with van der Waals surface area (Å²) in [6.07, 6.45) is 2.40. The molecule has 3 fully saturated rings. The molecule has 14 heavy (non-hydrogen) atoms. The van der Waals surface area contributed by atoms with Gasteiger partial charge >= 0.3 is 0 Å². The molecule has 0 amide bonds. The number of halogens is 1. The summed E-state index contributed by atoms with van der Waals surface area (Å²) >= 11 is 0. The van der Waals surface area contributed by atoms with E-state index in [-0.39, 0.29) is 36.0 Å². The number of nitrogens with two attached hydrogens (primary N) is 2. The van der Waals surface area contributed by atoms with Gasteiger partial charge in [-0.1, -0.05) is 0 Å². The standard InChI is InChI=1S/C8H17N5.HI/c9-8(10)13(11)7-5-12-3-1-6(7)2-4-12;/h6-7H,1-5,11H2,(H3,9,10);1H/t7-;/m0./s1. The molecule has 0 saturated carbocycles. The van der Waals surface area contributed by atoms with E-state index in [4.69, 9.17) is 17.0 Å². The van der Waals surface area contributed by atoms with Crippen LogP contribution in [0.25, 0.3) is 0 Å². The van der Waals surface area contributed by atoms with Crippen LogP contribution >= 0.6 is 24.0 Å². The number of hydrogen-bond donors (Lipinski definition) is 3. The Bertz CT molecular complexity index is 214.